The van der Waals surface area contributed by atoms with E-state index in [1.54, 1.807) is 0 Å². The number of hydrogen-bond donors (Lipinski definition) is 4. The Morgan fingerprint density at radius 2 is 1.35 bits per heavy atom. The standard InChI is InChI=1S/C36H36N6O4/c43-17-13-41(14-18-44)28-7-2-26(3-8-28)36-38-31-12-6-27(23-33(31)40-36)34(45)22-24-1-11-30-32(21-24)39-35(37-30)25-4-9-29(10-5-25)42-15-19-46-20-16-42/h1-12,21,23,43-44H,13-20,22H2,(H,37,39)(H,38,40). The van der Waals surface area contributed by atoms with Crippen molar-refractivity contribution in [3.8, 4) is 22.8 Å². The Kier molecular flexibility index (Phi) is 8.47. The molecule has 7 rings (SSSR count). The molecule has 1 saturated heterocycles. The van der Waals surface area contributed by atoms with Gasteiger partial charge in [-0.15, -0.1) is 0 Å². The number of aliphatic hydroxyl groups excluding tert-OH is 2. The molecule has 6 aromatic rings. The van der Waals surface area contributed by atoms with E-state index in [1.807, 2.05) is 65.6 Å². The minimum Gasteiger partial charge on any atom is -0.395 e. The molecule has 0 saturated carbocycles. The fourth-order valence-corrected chi connectivity index (χ4v) is 6.00. The van der Waals surface area contributed by atoms with Crippen LogP contribution in [0.2, 0.25) is 0 Å². The monoisotopic (exact) mass is 616 g/mol. The van der Waals surface area contributed by atoms with Crippen LogP contribution in [0.4, 0.5) is 11.4 Å². The number of imidazole rings is 2. The molecule has 4 aromatic carbocycles. The number of morpholine rings is 1. The van der Waals surface area contributed by atoms with Gasteiger partial charge in [0.2, 0.25) is 0 Å². The molecular formula is C36H36N6O4. The summed E-state index contributed by atoms with van der Waals surface area (Å²) in [7, 11) is 0. The first-order chi connectivity index (χ1) is 22.6. The molecule has 0 aliphatic carbocycles. The number of anilines is 2. The third kappa shape index (κ3) is 6.23. The number of nitrogens with zero attached hydrogens (tertiary/aromatic N) is 4. The first kappa shape index (κ1) is 29.7. The second kappa shape index (κ2) is 13.1. The number of ether oxygens (including phenoxy) is 1. The zero-order valence-corrected chi connectivity index (χ0v) is 25.4. The third-order valence-corrected chi connectivity index (χ3v) is 8.48. The van der Waals surface area contributed by atoms with Crippen LogP contribution in [-0.4, -0.2) is 88.5 Å². The Morgan fingerprint density at radius 1 is 0.761 bits per heavy atom. The number of carbonyl (C=O) groups is 1. The van der Waals surface area contributed by atoms with Gasteiger partial charge >= 0.3 is 0 Å². The molecule has 46 heavy (non-hydrogen) atoms. The first-order valence-electron chi connectivity index (χ1n) is 15.6. The van der Waals surface area contributed by atoms with Crippen molar-refractivity contribution in [2.45, 2.75) is 6.42 Å². The van der Waals surface area contributed by atoms with Gasteiger partial charge in [-0.3, -0.25) is 4.79 Å². The van der Waals surface area contributed by atoms with Gasteiger partial charge in [0.1, 0.15) is 11.6 Å². The molecule has 1 aliphatic rings. The molecule has 234 valence electrons. The number of benzene rings is 4. The van der Waals surface area contributed by atoms with Crippen molar-refractivity contribution in [3.63, 3.8) is 0 Å². The van der Waals surface area contributed by atoms with Crippen LogP contribution in [0.5, 0.6) is 0 Å². The molecule has 0 unspecified atom stereocenters. The molecule has 1 aliphatic heterocycles. The normalized spacial score (nSPS) is 13.5. The van der Waals surface area contributed by atoms with Crippen molar-refractivity contribution in [2.75, 3.05) is 62.4 Å². The first-order valence-corrected chi connectivity index (χ1v) is 15.6. The van der Waals surface area contributed by atoms with Gasteiger partial charge in [-0.2, -0.15) is 0 Å². The van der Waals surface area contributed by atoms with Gasteiger partial charge in [-0.25, -0.2) is 9.97 Å². The summed E-state index contributed by atoms with van der Waals surface area (Å²) in [6, 6.07) is 27.7. The zero-order chi connectivity index (χ0) is 31.5. The summed E-state index contributed by atoms with van der Waals surface area (Å²) >= 11 is 0. The summed E-state index contributed by atoms with van der Waals surface area (Å²) in [5.41, 5.74) is 8.88. The number of fused-ring (bicyclic) bond motifs is 2. The molecule has 0 spiro atoms. The lowest BCUT2D eigenvalue weighted by molar-refractivity contribution is 0.0993. The van der Waals surface area contributed by atoms with Gasteiger partial charge in [0.15, 0.2) is 5.78 Å². The van der Waals surface area contributed by atoms with Crippen LogP contribution in [0, 0.1) is 0 Å². The van der Waals surface area contributed by atoms with Gasteiger partial charge in [-0.05, 0) is 84.4 Å². The number of aromatic nitrogens is 4. The van der Waals surface area contributed by atoms with E-state index in [0.29, 0.717) is 24.5 Å². The maximum absolute atomic E-state index is 13.4. The van der Waals surface area contributed by atoms with Crippen LogP contribution >= 0.6 is 0 Å². The van der Waals surface area contributed by atoms with E-state index in [0.717, 1.165) is 76.6 Å². The summed E-state index contributed by atoms with van der Waals surface area (Å²) in [5, 5.41) is 18.7. The van der Waals surface area contributed by atoms with Crippen molar-refractivity contribution in [2.24, 2.45) is 0 Å². The highest BCUT2D eigenvalue weighted by Gasteiger charge is 2.15. The topological polar surface area (TPSA) is 131 Å². The fraction of sp³-hybridized carbons (Fsp3) is 0.250. The molecule has 10 nitrogen and oxygen atoms in total. The van der Waals surface area contributed by atoms with Gasteiger partial charge in [0.05, 0.1) is 48.5 Å². The second-order valence-corrected chi connectivity index (χ2v) is 11.5. The number of aliphatic hydroxyl groups is 2. The van der Waals surface area contributed by atoms with E-state index in [2.05, 4.69) is 39.1 Å². The van der Waals surface area contributed by atoms with Crippen LogP contribution in [0.1, 0.15) is 15.9 Å². The minimum absolute atomic E-state index is 0.0103. The molecule has 4 N–H and O–H groups in total. The van der Waals surface area contributed by atoms with Crippen molar-refractivity contribution in [1.29, 1.82) is 0 Å². The largest absolute Gasteiger partial charge is 0.395 e. The smallest absolute Gasteiger partial charge is 0.167 e. The summed E-state index contributed by atoms with van der Waals surface area (Å²) < 4.78 is 5.47. The highest BCUT2D eigenvalue weighted by Crippen LogP contribution is 2.27. The highest BCUT2D eigenvalue weighted by molar-refractivity contribution is 6.00. The zero-order valence-electron chi connectivity index (χ0n) is 25.4. The number of hydrogen-bond acceptors (Lipinski definition) is 8. The Morgan fingerprint density at radius 3 is 1.98 bits per heavy atom. The minimum atomic E-state index is 0.0103. The van der Waals surface area contributed by atoms with Crippen LogP contribution < -0.4 is 9.80 Å². The maximum Gasteiger partial charge on any atom is 0.167 e. The third-order valence-electron chi connectivity index (χ3n) is 8.48. The molecule has 3 heterocycles. The van der Waals surface area contributed by atoms with E-state index in [1.165, 1.54) is 5.69 Å². The van der Waals surface area contributed by atoms with E-state index in [4.69, 9.17) is 14.7 Å². The predicted octanol–water partition coefficient (Wildman–Crippen LogP) is 4.83. The van der Waals surface area contributed by atoms with Crippen molar-refractivity contribution in [3.05, 3.63) is 96.1 Å². The highest BCUT2D eigenvalue weighted by atomic mass is 16.5. The number of aromatic amines is 2. The van der Waals surface area contributed by atoms with E-state index < -0.39 is 0 Å². The van der Waals surface area contributed by atoms with Crippen LogP contribution in [0.15, 0.2) is 84.9 Å². The van der Waals surface area contributed by atoms with E-state index in [9.17, 15) is 15.0 Å². The number of H-pyrrole nitrogens is 2. The Labute approximate surface area is 266 Å². The lowest BCUT2D eigenvalue weighted by Gasteiger charge is -2.28. The van der Waals surface area contributed by atoms with E-state index >= 15 is 0 Å². The van der Waals surface area contributed by atoms with Crippen LogP contribution in [-0.2, 0) is 11.2 Å². The molecule has 0 bridgehead atoms. The maximum atomic E-state index is 13.4. The molecule has 1 fully saturated rings. The van der Waals surface area contributed by atoms with Crippen LogP contribution in [0.3, 0.4) is 0 Å². The quantitative estimate of drug-likeness (QED) is 0.152. The fourth-order valence-electron chi connectivity index (χ4n) is 6.00. The predicted molar refractivity (Wildman–Crippen MR) is 181 cm³/mol. The molecule has 0 amide bonds. The van der Waals surface area contributed by atoms with Crippen molar-refractivity contribution < 1.29 is 19.7 Å². The Bertz CT molecular complexity index is 1950. The molecule has 2 aromatic heterocycles. The summed E-state index contributed by atoms with van der Waals surface area (Å²) in [5.74, 6) is 1.53. The molecular weight excluding hydrogens is 580 g/mol. The van der Waals surface area contributed by atoms with Crippen LogP contribution in [0.25, 0.3) is 44.8 Å². The van der Waals surface area contributed by atoms with Gasteiger partial charge < -0.3 is 34.7 Å². The average molecular weight is 617 g/mol. The Hall–Kier alpha value is -5.03. The van der Waals surface area contributed by atoms with E-state index in [-0.39, 0.29) is 25.4 Å². The average Bonchev–Trinajstić information content (AvgIpc) is 3.73. The summed E-state index contributed by atoms with van der Waals surface area (Å²) in [6.07, 6.45) is 0.269. The number of rotatable bonds is 11. The molecule has 10 heteroatoms. The van der Waals surface area contributed by atoms with Crippen molar-refractivity contribution >= 4 is 39.2 Å². The number of nitrogens with one attached hydrogen (secondary N) is 2. The van der Waals surface area contributed by atoms with Gasteiger partial charge in [0.25, 0.3) is 0 Å². The Balaban J connectivity index is 1.04. The summed E-state index contributed by atoms with van der Waals surface area (Å²) in [6.45, 7) is 4.22. The second-order valence-electron chi connectivity index (χ2n) is 11.5. The molecule has 0 radical (unpaired) electrons. The summed E-state index contributed by atoms with van der Waals surface area (Å²) in [4.78, 5) is 33.9. The SMILES string of the molecule is O=C(Cc1ccc2nc(-c3ccc(N4CCOCC4)cc3)[nH]c2c1)c1ccc2nc(-c3ccc(N(CCO)CCO)cc3)[nH]c2c1. The van der Waals surface area contributed by atoms with Gasteiger partial charge in [0, 0.05) is 60.7 Å². The molecule has 0 atom stereocenters. The number of carbonyl (C=O) groups excluding carboxylic acids is 1. The van der Waals surface area contributed by atoms with Gasteiger partial charge in [-0.1, -0.05) is 6.07 Å². The number of Topliss-reactive ketones (excluding diaryl/α,β-unsaturated/α-hetero) is 1. The lowest BCUT2D eigenvalue weighted by atomic mass is 10.0. The van der Waals surface area contributed by atoms with Crippen molar-refractivity contribution in [1.82, 2.24) is 19.9 Å². The lowest BCUT2D eigenvalue weighted by Crippen LogP contribution is -2.36. The number of ketones is 1.